The maximum atomic E-state index is 9.63. The standard InChI is InChI=1S/C19H27N5O.HI/c1-2-20-19(22-15-8-10-18(25)11-9-15)21-14-16-12-13-24(23-16)17-6-4-3-5-7-17;/h3-7,12-13,15,18,25H,2,8-11,14H2,1H3,(H2,20,21,22);1H. The molecule has 3 N–H and O–H groups in total. The number of nitrogens with zero attached hydrogens (tertiary/aromatic N) is 3. The first kappa shape index (κ1) is 20.7. The van der Waals surface area contributed by atoms with Crippen LogP contribution in [0.4, 0.5) is 0 Å². The van der Waals surface area contributed by atoms with Crippen molar-refractivity contribution in [3.63, 3.8) is 0 Å². The first-order valence-corrected chi connectivity index (χ1v) is 9.07. The lowest BCUT2D eigenvalue weighted by Crippen LogP contribution is -2.45. The molecular weight excluding hydrogens is 441 g/mol. The molecule has 1 fully saturated rings. The van der Waals surface area contributed by atoms with Crippen molar-refractivity contribution < 1.29 is 5.11 Å². The van der Waals surface area contributed by atoms with Gasteiger partial charge in [-0.15, -0.1) is 24.0 Å². The number of halogens is 1. The maximum absolute atomic E-state index is 9.63. The number of aliphatic hydroxyl groups is 1. The van der Waals surface area contributed by atoms with E-state index in [4.69, 9.17) is 0 Å². The summed E-state index contributed by atoms with van der Waals surface area (Å²) in [6, 6.07) is 12.4. The van der Waals surface area contributed by atoms with Crippen LogP contribution in [0.1, 0.15) is 38.3 Å². The summed E-state index contributed by atoms with van der Waals surface area (Å²) in [6.07, 6.45) is 5.50. The lowest BCUT2D eigenvalue weighted by atomic mass is 9.93. The Balaban J connectivity index is 0.00000243. The van der Waals surface area contributed by atoms with E-state index in [-0.39, 0.29) is 30.1 Å². The fraction of sp³-hybridized carbons (Fsp3) is 0.474. The Morgan fingerprint density at radius 2 is 1.92 bits per heavy atom. The molecule has 142 valence electrons. The highest BCUT2D eigenvalue weighted by Gasteiger charge is 2.19. The second kappa shape index (κ2) is 10.5. The Labute approximate surface area is 172 Å². The van der Waals surface area contributed by atoms with Crippen LogP contribution in [0.2, 0.25) is 0 Å². The molecule has 1 saturated carbocycles. The molecule has 2 aromatic rings. The molecule has 7 heteroatoms. The molecule has 0 aliphatic heterocycles. The second-order valence-electron chi connectivity index (χ2n) is 6.43. The highest BCUT2D eigenvalue weighted by Crippen LogP contribution is 2.18. The van der Waals surface area contributed by atoms with Gasteiger partial charge in [0.25, 0.3) is 0 Å². The van der Waals surface area contributed by atoms with Crippen molar-refractivity contribution in [1.29, 1.82) is 0 Å². The monoisotopic (exact) mass is 469 g/mol. The number of aliphatic hydroxyl groups excluding tert-OH is 1. The van der Waals surface area contributed by atoms with Gasteiger partial charge in [0.05, 0.1) is 24.0 Å². The molecular formula is C19H28IN5O. The molecule has 6 nitrogen and oxygen atoms in total. The summed E-state index contributed by atoms with van der Waals surface area (Å²) < 4.78 is 1.87. The van der Waals surface area contributed by atoms with Crippen molar-refractivity contribution in [2.75, 3.05) is 6.54 Å². The maximum Gasteiger partial charge on any atom is 0.191 e. The summed E-state index contributed by atoms with van der Waals surface area (Å²) in [5.41, 5.74) is 1.98. The molecule has 1 aromatic heterocycles. The summed E-state index contributed by atoms with van der Waals surface area (Å²) in [6.45, 7) is 3.41. The summed E-state index contributed by atoms with van der Waals surface area (Å²) >= 11 is 0. The van der Waals surface area contributed by atoms with Crippen molar-refractivity contribution in [1.82, 2.24) is 20.4 Å². The van der Waals surface area contributed by atoms with Crippen molar-refractivity contribution in [3.05, 3.63) is 48.3 Å². The van der Waals surface area contributed by atoms with Crippen LogP contribution < -0.4 is 10.6 Å². The number of rotatable bonds is 5. The molecule has 0 bridgehead atoms. The average molecular weight is 469 g/mol. The zero-order valence-corrected chi connectivity index (χ0v) is 17.5. The molecule has 1 heterocycles. The SMILES string of the molecule is CCNC(=NCc1ccn(-c2ccccc2)n1)NC1CCC(O)CC1.I. The summed E-state index contributed by atoms with van der Waals surface area (Å²) in [5.74, 6) is 0.818. The molecule has 0 atom stereocenters. The minimum atomic E-state index is -0.139. The lowest BCUT2D eigenvalue weighted by Gasteiger charge is -2.27. The van der Waals surface area contributed by atoms with Crippen LogP contribution in [0.3, 0.4) is 0 Å². The van der Waals surface area contributed by atoms with Gasteiger partial charge in [0.2, 0.25) is 0 Å². The van der Waals surface area contributed by atoms with E-state index in [2.05, 4.69) is 27.6 Å². The zero-order valence-electron chi connectivity index (χ0n) is 15.1. The Kier molecular flexibility index (Phi) is 8.37. The average Bonchev–Trinajstić information content (AvgIpc) is 3.12. The fourth-order valence-corrected chi connectivity index (χ4v) is 3.06. The fourth-order valence-electron chi connectivity index (χ4n) is 3.06. The van der Waals surface area contributed by atoms with E-state index in [0.717, 1.165) is 49.6 Å². The smallest absolute Gasteiger partial charge is 0.191 e. The number of para-hydroxylation sites is 1. The van der Waals surface area contributed by atoms with Crippen molar-refractivity contribution >= 4 is 29.9 Å². The van der Waals surface area contributed by atoms with E-state index in [1.165, 1.54) is 0 Å². The third kappa shape index (κ3) is 5.98. The normalized spacial score (nSPS) is 20.3. The largest absolute Gasteiger partial charge is 0.393 e. The molecule has 0 saturated heterocycles. The predicted octanol–water partition coefficient (Wildman–Crippen LogP) is 2.85. The minimum Gasteiger partial charge on any atom is -0.393 e. The number of benzene rings is 1. The van der Waals surface area contributed by atoms with Crippen LogP contribution in [0.5, 0.6) is 0 Å². The Morgan fingerprint density at radius 1 is 1.19 bits per heavy atom. The molecule has 26 heavy (non-hydrogen) atoms. The third-order valence-corrected chi connectivity index (χ3v) is 4.45. The highest BCUT2D eigenvalue weighted by molar-refractivity contribution is 14.0. The van der Waals surface area contributed by atoms with Crippen LogP contribution in [0.25, 0.3) is 5.69 Å². The lowest BCUT2D eigenvalue weighted by molar-refractivity contribution is 0.120. The summed E-state index contributed by atoms with van der Waals surface area (Å²) in [7, 11) is 0. The van der Waals surface area contributed by atoms with E-state index in [0.29, 0.717) is 12.6 Å². The topological polar surface area (TPSA) is 74.5 Å². The number of hydrogen-bond donors (Lipinski definition) is 3. The first-order valence-electron chi connectivity index (χ1n) is 9.07. The van der Waals surface area contributed by atoms with Crippen molar-refractivity contribution in [2.45, 2.75) is 51.3 Å². The zero-order chi connectivity index (χ0) is 17.5. The first-order chi connectivity index (χ1) is 12.2. The number of hydrogen-bond acceptors (Lipinski definition) is 3. The number of aromatic nitrogens is 2. The van der Waals surface area contributed by atoms with E-state index in [1.807, 2.05) is 47.3 Å². The molecule has 3 rings (SSSR count). The second-order valence-corrected chi connectivity index (χ2v) is 6.43. The van der Waals surface area contributed by atoms with Gasteiger partial charge in [-0.3, -0.25) is 0 Å². The number of nitrogens with one attached hydrogen (secondary N) is 2. The van der Waals surface area contributed by atoms with Crippen LogP contribution in [-0.2, 0) is 6.54 Å². The van der Waals surface area contributed by atoms with Crippen LogP contribution in [0.15, 0.2) is 47.6 Å². The summed E-state index contributed by atoms with van der Waals surface area (Å²) in [5, 5.41) is 21.0. The minimum absolute atomic E-state index is 0. The molecule has 0 spiro atoms. The van der Waals surface area contributed by atoms with E-state index in [9.17, 15) is 5.11 Å². The number of aliphatic imine (C=N–C) groups is 1. The quantitative estimate of drug-likeness (QED) is 0.358. The van der Waals surface area contributed by atoms with Crippen LogP contribution >= 0.6 is 24.0 Å². The van der Waals surface area contributed by atoms with Gasteiger partial charge in [-0.2, -0.15) is 5.10 Å². The molecule has 1 aliphatic rings. The molecule has 1 aliphatic carbocycles. The van der Waals surface area contributed by atoms with Gasteiger partial charge in [0, 0.05) is 18.8 Å². The van der Waals surface area contributed by atoms with E-state index in [1.54, 1.807) is 0 Å². The molecule has 0 radical (unpaired) electrons. The van der Waals surface area contributed by atoms with Gasteiger partial charge < -0.3 is 15.7 Å². The summed E-state index contributed by atoms with van der Waals surface area (Å²) in [4.78, 5) is 4.66. The Bertz CT molecular complexity index is 680. The van der Waals surface area contributed by atoms with Gasteiger partial charge in [-0.25, -0.2) is 9.67 Å². The molecule has 1 aromatic carbocycles. The van der Waals surface area contributed by atoms with Gasteiger partial charge in [0.1, 0.15) is 0 Å². The Hall–Kier alpha value is -1.61. The van der Waals surface area contributed by atoms with Gasteiger partial charge >= 0.3 is 0 Å². The van der Waals surface area contributed by atoms with Gasteiger partial charge in [-0.05, 0) is 50.8 Å². The van der Waals surface area contributed by atoms with Crippen LogP contribution in [-0.4, -0.2) is 39.5 Å². The Morgan fingerprint density at radius 3 is 2.62 bits per heavy atom. The van der Waals surface area contributed by atoms with Gasteiger partial charge in [0.15, 0.2) is 5.96 Å². The van der Waals surface area contributed by atoms with E-state index >= 15 is 0 Å². The predicted molar refractivity (Wildman–Crippen MR) is 115 cm³/mol. The van der Waals surface area contributed by atoms with Crippen molar-refractivity contribution in [3.8, 4) is 5.69 Å². The van der Waals surface area contributed by atoms with Gasteiger partial charge in [-0.1, -0.05) is 18.2 Å². The molecule has 0 unspecified atom stereocenters. The number of guanidine groups is 1. The third-order valence-electron chi connectivity index (χ3n) is 4.45. The highest BCUT2D eigenvalue weighted by atomic mass is 127. The van der Waals surface area contributed by atoms with E-state index < -0.39 is 0 Å². The van der Waals surface area contributed by atoms with Crippen molar-refractivity contribution in [2.24, 2.45) is 4.99 Å². The molecule has 0 amide bonds. The van der Waals surface area contributed by atoms with Crippen LogP contribution in [0, 0.1) is 0 Å².